The molecule has 0 aliphatic heterocycles. The van der Waals surface area contributed by atoms with Crippen molar-refractivity contribution in [3.8, 4) is 11.1 Å². The Labute approximate surface area is 193 Å². The van der Waals surface area contributed by atoms with Crippen molar-refractivity contribution in [3.05, 3.63) is 59.7 Å². The predicted octanol–water partition coefficient (Wildman–Crippen LogP) is 3.85. The van der Waals surface area contributed by atoms with E-state index in [1.807, 2.05) is 57.2 Å². The van der Waals surface area contributed by atoms with Crippen LogP contribution in [0.4, 0.5) is 4.79 Å². The van der Waals surface area contributed by atoms with Crippen molar-refractivity contribution >= 4 is 18.0 Å². The van der Waals surface area contributed by atoms with Gasteiger partial charge in [-0.2, -0.15) is 0 Å². The molecule has 33 heavy (non-hydrogen) atoms. The molecule has 1 unspecified atom stereocenters. The van der Waals surface area contributed by atoms with E-state index in [0.717, 1.165) is 22.3 Å². The molecule has 2 aromatic carbocycles. The zero-order chi connectivity index (χ0) is 24.0. The summed E-state index contributed by atoms with van der Waals surface area (Å²) in [7, 11) is 0. The second-order valence-electron chi connectivity index (χ2n) is 9.27. The lowest BCUT2D eigenvalue weighted by Gasteiger charge is -2.23. The number of amides is 2. The van der Waals surface area contributed by atoms with Crippen LogP contribution in [0.5, 0.6) is 0 Å². The highest BCUT2D eigenvalue weighted by Crippen LogP contribution is 2.44. The van der Waals surface area contributed by atoms with Crippen LogP contribution in [0.25, 0.3) is 11.1 Å². The SMILES string of the molecule is CC(C)(C)CCC(NC(=O)OCC1c2ccccc2-c2ccccc21)C(=O)NOCC(=O)O. The van der Waals surface area contributed by atoms with Crippen LogP contribution in [0.3, 0.4) is 0 Å². The predicted molar refractivity (Wildman–Crippen MR) is 122 cm³/mol. The number of nitrogens with one attached hydrogen (secondary N) is 2. The molecule has 2 amide bonds. The highest BCUT2D eigenvalue weighted by Gasteiger charge is 2.30. The molecule has 0 radical (unpaired) electrons. The fraction of sp³-hybridized carbons (Fsp3) is 0.400. The number of carbonyl (C=O) groups excluding carboxylic acids is 2. The number of carbonyl (C=O) groups is 3. The largest absolute Gasteiger partial charge is 0.479 e. The number of rotatable bonds is 9. The Hall–Kier alpha value is -3.39. The number of alkyl carbamates (subject to hydrolysis) is 1. The molecule has 1 aliphatic rings. The van der Waals surface area contributed by atoms with Crippen LogP contribution in [-0.2, 0) is 19.2 Å². The van der Waals surface area contributed by atoms with E-state index < -0.39 is 30.6 Å². The molecular weight excluding hydrogens is 424 g/mol. The minimum atomic E-state index is -1.22. The second-order valence-corrected chi connectivity index (χ2v) is 9.27. The van der Waals surface area contributed by atoms with Gasteiger partial charge in [-0.1, -0.05) is 69.3 Å². The summed E-state index contributed by atoms with van der Waals surface area (Å²) in [6, 6.07) is 15.1. The number of aliphatic carboxylic acids is 1. The highest BCUT2D eigenvalue weighted by atomic mass is 16.7. The fourth-order valence-corrected chi connectivity index (χ4v) is 3.87. The van der Waals surface area contributed by atoms with Crippen molar-refractivity contribution in [2.24, 2.45) is 5.41 Å². The van der Waals surface area contributed by atoms with Gasteiger partial charge in [-0.05, 0) is 40.5 Å². The van der Waals surface area contributed by atoms with Crippen LogP contribution in [0, 0.1) is 5.41 Å². The molecule has 176 valence electrons. The normalized spacial score (nSPS) is 13.5. The van der Waals surface area contributed by atoms with Crippen molar-refractivity contribution in [2.45, 2.75) is 45.6 Å². The first kappa shape index (κ1) is 24.3. The quantitative estimate of drug-likeness (QED) is 0.496. The summed E-state index contributed by atoms with van der Waals surface area (Å²) in [5.74, 6) is -1.94. The van der Waals surface area contributed by atoms with E-state index in [2.05, 4.69) is 27.8 Å². The molecule has 0 fully saturated rings. The number of hydrogen-bond acceptors (Lipinski definition) is 5. The zero-order valence-electron chi connectivity index (χ0n) is 19.1. The Balaban J connectivity index is 1.64. The number of ether oxygens (including phenoxy) is 1. The maximum absolute atomic E-state index is 12.6. The van der Waals surface area contributed by atoms with Gasteiger partial charge in [0.1, 0.15) is 12.6 Å². The third kappa shape index (κ3) is 6.55. The number of fused-ring (bicyclic) bond motifs is 3. The van der Waals surface area contributed by atoms with Gasteiger partial charge in [0, 0.05) is 5.92 Å². The number of hydrogen-bond donors (Lipinski definition) is 3. The lowest BCUT2D eigenvalue weighted by Crippen LogP contribution is -2.47. The molecule has 0 saturated carbocycles. The molecule has 0 spiro atoms. The van der Waals surface area contributed by atoms with Gasteiger partial charge in [0.15, 0.2) is 6.61 Å². The van der Waals surface area contributed by atoms with Gasteiger partial charge < -0.3 is 15.2 Å². The number of carboxylic acid groups (broad SMARTS) is 1. The fourth-order valence-electron chi connectivity index (χ4n) is 3.87. The Morgan fingerprint density at radius 2 is 1.58 bits per heavy atom. The summed E-state index contributed by atoms with van der Waals surface area (Å²) in [5.41, 5.74) is 6.46. The first-order valence-electron chi connectivity index (χ1n) is 10.9. The van der Waals surface area contributed by atoms with Gasteiger partial charge in [0.25, 0.3) is 5.91 Å². The molecule has 1 aliphatic carbocycles. The monoisotopic (exact) mass is 454 g/mol. The molecular formula is C25H30N2O6. The van der Waals surface area contributed by atoms with Gasteiger partial charge in [0.2, 0.25) is 0 Å². The van der Waals surface area contributed by atoms with Gasteiger partial charge >= 0.3 is 12.1 Å². The van der Waals surface area contributed by atoms with Crippen LogP contribution in [0.1, 0.15) is 50.7 Å². The first-order valence-corrected chi connectivity index (χ1v) is 10.9. The van der Waals surface area contributed by atoms with Crippen molar-refractivity contribution in [1.82, 2.24) is 10.8 Å². The summed E-state index contributed by atoms with van der Waals surface area (Å²) in [4.78, 5) is 40.3. The van der Waals surface area contributed by atoms with Crippen LogP contribution in [0.15, 0.2) is 48.5 Å². The number of benzene rings is 2. The van der Waals surface area contributed by atoms with E-state index in [9.17, 15) is 14.4 Å². The van der Waals surface area contributed by atoms with E-state index in [1.54, 1.807) is 0 Å². The lowest BCUT2D eigenvalue weighted by atomic mass is 9.88. The minimum absolute atomic E-state index is 0.0662. The topological polar surface area (TPSA) is 114 Å². The molecule has 8 heteroatoms. The standard InChI is InChI=1S/C25H30N2O6/c1-25(2,3)13-12-21(23(30)27-33-15-22(28)29)26-24(31)32-14-20-18-10-6-4-8-16(18)17-9-5-7-11-19(17)20/h4-11,20-21H,12-15H2,1-3H3,(H,26,31)(H,27,30)(H,28,29). The van der Waals surface area contributed by atoms with E-state index in [-0.39, 0.29) is 17.9 Å². The number of hydroxylamine groups is 1. The summed E-state index contributed by atoms with van der Waals surface area (Å²) in [6.07, 6.45) is 0.271. The number of carboxylic acids is 1. The minimum Gasteiger partial charge on any atom is -0.479 e. The van der Waals surface area contributed by atoms with E-state index >= 15 is 0 Å². The van der Waals surface area contributed by atoms with Gasteiger partial charge in [-0.3, -0.25) is 9.63 Å². The third-order valence-corrected chi connectivity index (χ3v) is 5.50. The molecule has 3 N–H and O–H groups in total. The Morgan fingerprint density at radius 3 is 2.12 bits per heavy atom. The van der Waals surface area contributed by atoms with Crippen molar-refractivity contribution < 1.29 is 29.1 Å². The van der Waals surface area contributed by atoms with Gasteiger partial charge in [-0.25, -0.2) is 15.1 Å². The molecule has 1 atom stereocenters. The van der Waals surface area contributed by atoms with Gasteiger partial charge in [0.05, 0.1) is 0 Å². The maximum atomic E-state index is 12.6. The van der Waals surface area contributed by atoms with Crippen LogP contribution in [0.2, 0.25) is 0 Å². The van der Waals surface area contributed by atoms with Crippen molar-refractivity contribution in [2.75, 3.05) is 13.2 Å². The Morgan fingerprint density at radius 1 is 1.00 bits per heavy atom. The molecule has 0 heterocycles. The lowest BCUT2D eigenvalue weighted by molar-refractivity contribution is -0.150. The van der Waals surface area contributed by atoms with Crippen LogP contribution < -0.4 is 10.8 Å². The summed E-state index contributed by atoms with van der Waals surface area (Å²) in [6.45, 7) is 5.52. The zero-order valence-corrected chi connectivity index (χ0v) is 19.1. The molecule has 0 saturated heterocycles. The van der Waals surface area contributed by atoms with Crippen molar-refractivity contribution in [3.63, 3.8) is 0 Å². The van der Waals surface area contributed by atoms with Crippen LogP contribution >= 0.6 is 0 Å². The Kier molecular flexibility index (Phi) is 7.71. The first-order chi connectivity index (χ1) is 15.7. The highest BCUT2D eigenvalue weighted by molar-refractivity contribution is 5.85. The summed E-state index contributed by atoms with van der Waals surface area (Å²) >= 11 is 0. The molecule has 8 nitrogen and oxygen atoms in total. The smallest absolute Gasteiger partial charge is 0.407 e. The summed E-state index contributed by atoms with van der Waals surface area (Å²) < 4.78 is 5.53. The van der Waals surface area contributed by atoms with Gasteiger partial charge in [-0.15, -0.1) is 0 Å². The summed E-state index contributed by atoms with van der Waals surface area (Å²) in [5, 5.41) is 11.3. The van der Waals surface area contributed by atoms with E-state index in [4.69, 9.17) is 9.84 Å². The average Bonchev–Trinajstić information content (AvgIpc) is 3.08. The van der Waals surface area contributed by atoms with E-state index in [1.165, 1.54) is 0 Å². The maximum Gasteiger partial charge on any atom is 0.407 e. The molecule has 3 rings (SSSR count). The third-order valence-electron chi connectivity index (χ3n) is 5.50. The van der Waals surface area contributed by atoms with Crippen LogP contribution in [-0.4, -0.2) is 42.3 Å². The molecule has 0 bridgehead atoms. The van der Waals surface area contributed by atoms with E-state index in [0.29, 0.717) is 12.8 Å². The van der Waals surface area contributed by atoms with Crippen molar-refractivity contribution in [1.29, 1.82) is 0 Å². The second kappa shape index (κ2) is 10.5. The Bertz CT molecular complexity index is 968. The molecule has 0 aromatic heterocycles. The molecule has 2 aromatic rings. The average molecular weight is 455 g/mol.